The van der Waals surface area contributed by atoms with Gasteiger partial charge in [-0.05, 0) is 26.7 Å². The van der Waals surface area contributed by atoms with Crippen molar-refractivity contribution in [3.63, 3.8) is 0 Å². The third-order valence-electron chi connectivity index (χ3n) is 2.77. The van der Waals surface area contributed by atoms with Crippen LogP contribution in [0.15, 0.2) is 0 Å². The number of carbonyl (C=O) groups is 2. The van der Waals surface area contributed by atoms with Crippen LogP contribution in [-0.2, 0) is 29.1 Å². The highest BCUT2D eigenvalue weighted by Gasteiger charge is 2.38. The molecule has 0 radical (unpaired) electrons. The van der Waals surface area contributed by atoms with Crippen LogP contribution >= 0.6 is 0 Å². The molecule has 1 fully saturated rings. The highest BCUT2D eigenvalue weighted by atomic mass is 32.2. The number of ether oxygens (including phenoxy) is 2. The lowest BCUT2D eigenvalue weighted by molar-refractivity contribution is -0.143. The largest absolute Gasteiger partial charge is 0.466 e. The molecule has 1 aliphatic carbocycles. The first-order valence-corrected chi connectivity index (χ1v) is 8.32. The fourth-order valence-corrected chi connectivity index (χ4v) is 3.34. The zero-order valence-corrected chi connectivity index (χ0v) is 12.6. The van der Waals surface area contributed by atoms with Gasteiger partial charge in [0.05, 0.1) is 25.4 Å². The molecule has 0 spiro atoms. The Balaban J connectivity index is 2.60. The Morgan fingerprint density at radius 3 is 2.15 bits per heavy atom. The molecular weight excluding hydrogens is 286 g/mol. The quantitative estimate of drug-likeness (QED) is 0.569. The summed E-state index contributed by atoms with van der Waals surface area (Å²) in [5.41, 5.74) is 0. The summed E-state index contributed by atoms with van der Waals surface area (Å²) in [6.07, 6.45) is 1.26. The predicted molar refractivity (Wildman–Crippen MR) is 71.4 cm³/mol. The maximum absolute atomic E-state index is 12.2. The average Bonchev–Trinajstić information content (AvgIpc) is 3.18. The molecule has 0 aromatic carbocycles. The lowest BCUT2D eigenvalue weighted by atomic mass is 10.5. The van der Waals surface area contributed by atoms with E-state index in [-0.39, 0.29) is 38.0 Å². The maximum atomic E-state index is 12.2. The van der Waals surface area contributed by atoms with Crippen LogP contribution in [0.1, 0.15) is 33.1 Å². The van der Waals surface area contributed by atoms with E-state index >= 15 is 0 Å². The molecule has 7 nitrogen and oxygen atoms in total. The van der Waals surface area contributed by atoms with Gasteiger partial charge in [-0.25, -0.2) is 8.42 Å². The van der Waals surface area contributed by atoms with Gasteiger partial charge in [-0.15, -0.1) is 0 Å². The predicted octanol–water partition coefficient (Wildman–Crippen LogP) is 0.297. The second-order valence-corrected chi connectivity index (χ2v) is 6.49. The summed E-state index contributed by atoms with van der Waals surface area (Å²) < 4.78 is 35.0. The van der Waals surface area contributed by atoms with E-state index in [1.807, 2.05) is 0 Å². The molecule has 0 aromatic heterocycles. The van der Waals surface area contributed by atoms with Gasteiger partial charge in [-0.2, -0.15) is 4.31 Å². The first kappa shape index (κ1) is 16.9. The summed E-state index contributed by atoms with van der Waals surface area (Å²) in [5.74, 6) is -1.47. The van der Waals surface area contributed by atoms with E-state index in [9.17, 15) is 18.0 Å². The molecule has 0 unspecified atom stereocenters. The molecular formula is C12H21NO6S. The van der Waals surface area contributed by atoms with E-state index in [1.54, 1.807) is 13.8 Å². The molecule has 116 valence electrons. The van der Waals surface area contributed by atoms with Crippen LogP contribution in [0.25, 0.3) is 0 Å². The number of carbonyl (C=O) groups excluding carboxylic acids is 2. The Morgan fingerprint density at radius 2 is 1.65 bits per heavy atom. The molecule has 0 N–H and O–H groups in total. The van der Waals surface area contributed by atoms with Gasteiger partial charge >= 0.3 is 11.9 Å². The Labute approximate surface area is 119 Å². The SMILES string of the molecule is CCOC(=O)CCS(=O)(=O)N(CC(=O)OCC)C1CC1. The van der Waals surface area contributed by atoms with E-state index in [0.717, 1.165) is 17.1 Å². The van der Waals surface area contributed by atoms with Crippen LogP contribution in [0.3, 0.4) is 0 Å². The van der Waals surface area contributed by atoms with Crippen molar-refractivity contribution in [2.24, 2.45) is 0 Å². The second-order valence-electron chi connectivity index (χ2n) is 4.45. The highest BCUT2D eigenvalue weighted by Crippen LogP contribution is 2.29. The van der Waals surface area contributed by atoms with Crippen LogP contribution in [0.5, 0.6) is 0 Å². The van der Waals surface area contributed by atoms with Crippen molar-refractivity contribution >= 4 is 22.0 Å². The Bertz CT molecular complexity index is 443. The summed E-state index contributed by atoms with van der Waals surface area (Å²) >= 11 is 0. The summed E-state index contributed by atoms with van der Waals surface area (Å²) in [6, 6.07) is -0.147. The number of nitrogens with zero attached hydrogens (tertiary/aromatic N) is 1. The van der Waals surface area contributed by atoms with E-state index in [1.165, 1.54) is 0 Å². The summed E-state index contributed by atoms with van der Waals surface area (Å²) in [5, 5.41) is 0. The molecule has 0 saturated heterocycles. The van der Waals surface area contributed by atoms with Gasteiger partial charge in [0, 0.05) is 6.04 Å². The summed E-state index contributed by atoms with van der Waals surface area (Å²) in [6.45, 7) is 3.45. The number of hydrogen-bond donors (Lipinski definition) is 0. The second kappa shape index (κ2) is 7.58. The Morgan fingerprint density at radius 1 is 1.10 bits per heavy atom. The van der Waals surface area contributed by atoms with Crippen molar-refractivity contribution in [2.45, 2.75) is 39.2 Å². The third-order valence-corrected chi connectivity index (χ3v) is 4.63. The van der Waals surface area contributed by atoms with Gasteiger partial charge < -0.3 is 9.47 Å². The number of sulfonamides is 1. The average molecular weight is 307 g/mol. The van der Waals surface area contributed by atoms with Gasteiger partial charge in [-0.3, -0.25) is 9.59 Å². The van der Waals surface area contributed by atoms with E-state index in [2.05, 4.69) is 0 Å². The standard InChI is InChI=1S/C12H21NO6S/c1-3-18-11(14)7-8-20(16,17)13(10-5-6-10)9-12(15)19-4-2/h10H,3-9H2,1-2H3. The fraction of sp³-hybridized carbons (Fsp3) is 0.833. The monoisotopic (exact) mass is 307 g/mol. The highest BCUT2D eigenvalue weighted by molar-refractivity contribution is 7.89. The lowest BCUT2D eigenvalue weighted by Crippen LogP contribution is -2.40. The van der Waals surface area contributed by atoms with Crippen LogP contribution in [0, 0.1) is 0 Å². The normalized spacial score (nSPS) is 15.2. The molecule has 0 aliphatic heterocycles. The minimum absolute atomic E-state index is 0.147. The number of rotatable bonds is 9. The molecule has 0 aromatic rings. The van der Waals surface area contributed by atoms with Crippen molar-refractivity contribution in [1.82, 2.24) is 4.31 Å². The van der Waals surface area contributed by atoms with Crippen molar-refractivity contribution in [2.75, 3.05) is 25.5 Å². The fourth-order valence-electron chi connectivity index (χ4n) is 1.71. The molecule has 1 aliphatic rings. The third kappa shape index (κ3) is 5.46. The van der Waals surface area contributed by atoms with Crippen molar-refractivity contribution in [1.29, 1.82) is 0 Å². The van der Waals surface area contributed by atoms with Crippen molar-refractivity contribution in [3.05, 3.63) is 0 Å². The van der Waals surface area contributed by atoms with Crippen molar-refractivity contribution in [3.8, 4) is 0 Å². The molecule has 0 heterocycles. The molecule has 0 atom stereocenters. The minimum atomic E-state index is -3.65. The maximum Gasteiger partial charge on any atom is 0.321 e. The minimum Gasteiger partial charge on any atom is -0.466 e. The van der Waals surface area contributed by atoms with Crippen LogP contribution in [0.2, 0.25) is 0 Å². The molecule has 20 heavy (non-hydrogen) atoms. The van der Waals surface area contributed by atoms with E-state index < -0.39 is 22.0 Å². The van der Waals surface area contributed by atoms with Crippen LogP contribution < -0.4 is 0 Å². The van der Waals surface area contributed by atoms with E-state index in [4.69, 9.17) is 9.47 Å². The summed E-state index contributed by atoms with van der Waals surface area (Å²) in [7, 11) is -3.65. The Kier molecular flexibility index (Phi) is 6.41. The van der Waals surface area contributed by atoms with Crippen molar-refractivity contribution < 1.29 is 27.5 Å². The zero-order chi connectivity index (χ0) is 15.2. The molecule has 0 bridgehead atoms. The van der Waals surface area contributed by atoms with Gasteiger partial charge in [0.2, 0.25) is 10.0 Å². The number of hydrogen-bond acceptors (Lipinski definition) is 6. The van der Waals surface area contributed by atoms with Crippen LogP contribution in [0.4, 0.5) is 0 Å². The van der Waals surface area contributed by atoms with E-state index in [0.29, 0.717) is 0 Å². The Hall–Kier alpha value is -1.15. The zero-order valence-electron chi connectivity index (χ0n) is 11.8. The lowest BCUT2D eigenvalue weighted by Gasteiger charge is -2.20. The van der Waals surface area contributed by atoms with Gasteiger partial charge in [-0.1, -0.05) is 0 Å². The van der Waals surface area contributed by atoms with Gasteiger partial charge in [0.1, 0.15) is 6.54 Å². The first-order valence-electron chi connectivity index (χ1n) is 6.71. The molecule has 1 saturated carbocycles. The van der Waals surface area contributed by atoms with Gasteiger partial charge in [0.25, 0.3) is 0 Å². The first-order chi connectivity index (χ1) is 9.40. The smallest absolute Gasteiger partial charge is 0.321 e. The summed E-state index contributed by atoms with van der Waals surface area (Å²) in [4.78, 5) is 22.7. The molecule has 1 rings (SSSR count). The number of esters is 2. The van der Waals surface area contributed by atoms with Gasteiger partial charge in [0.15, 0.2) is 0 Å². The molecule has 0 amide bonds. The molecule has 8 heteroatoms. The topological polar surface area (TPSA) is 90.0 Å². The van der Waals surface area contributed by atoms with Crippen LogP contribution in [-0.4, -0.2) is 56.2 Å².